The number of aromatic nitrogens is 1. The van der Waals surface area contributed by atoms with Gasteiger partial charge in [-0.2, -0.15) is 5.26 Å². The standard InChI is InChI=1S/C13H19N3/c1-10(13(2,3)4)16(5)12-11(9-14)7-6-8-15-12/h6-8,10H,1-5H3. The molecule has 0 N–H and O–H groups in total. The Hall–Kier alpha value is -1.56. The van der Waals surface area contributed by atoms with E-state index in [1.807, 2.05) is 7.05 Å². The molecule has 0 saturated carbocycles. The lowest BCUT2D eigenvalue weighted by atomic mass is 9.87. The third-order valence-corrected chi connectivity index (χ3v) is 3.08. The minimum absolute atomic E-state index is 0.152. The highest BCUT2D eigenvalue weighted by molar-refractivity contribution is 5.53. The molecule has 0 bridgehead atoms. The summed E-state index contributed by atoms with van der Waals surface area (Å²) >= 11 is 0. The van der Waals surface area contributed by atoms with Gasteiger partial charge in [-0.1, -0.05) is 20.8 Å². The molecule has 0 aliphatic heterocycles. The van der Waals surface area contributed by atoms with E-state index >= 15 is 0 Å². The van der Waals surface area contributed by atoms with Crippen molar-refractivity contribution in [2.24, 2.45) is 5.41 Å². The average Bonchev–Trinajstić information content (AvgIpc) is 2.25. The third kappa shape index (κ3) is 2.52. The van der Waals surface area contributed by atoms with Crippen molar-refractivity contribution in [2.45, 2.75) is 33.7 Å². The normalized spacial score (nSPS) is 13.0. The number of anilines is 1. The van der Waals surface area contributed by atoms with Gasteiger partial charge >= 0.3 is 0 Å². The van der Waals surface area contributed by atoms with Crippen LogP contribution in [0.1, 0.15) is 33.3 Å². The molecule has 3 heteroatoms. The van der Waals surface area contributed by atoms with Crippen LogP contribution in [0, 0.1) is 16.7 Å². The first kappa shape index (κ1) is 12.5. The van der Waals surface area contributed by atoms with E-state index in [4.69, 9.17) is 5.26 Å². The van der Waals surface area contributed by atoms with E-state index in [0.717, 1.165) is 5.82 Å². The molecule has 86 valence electrons. The van der Waals surface area contributed by atoms with Gasteiger partial charge in [0.2, 0.25) is 0 Å². The third-order valence-electron chi connectivity index (χ3n) is 3.08. The SMILES string of the molecule is CC(N(C)c1ncccc1C#N)C(C)(C)C. The Bertz CT molecular complexity index is 398. The number of nitrogens with zero attached hydrogens (tertiary/aromatic N) is 3. The molecule has 0 spiro atoms. The smallest absolute Gasteiger partial charge is 0.146 e. The Morgan fingerprint density at radius 1 is 1.44 bits per heavy atom. The van der Waals surface area contributed by atoms with E-state index < -0.39 is 0 Å². The van der Waals surface area contributed by atoms with Crippen LogP contribution in [0.5, 0.6) is 0 Å². The lowest BCUT2D eigenvalue weighted by molar-refractivity contribution is 0.328. The Balaban J connectivity index is 3.06. The molecule has 0 aliphatic rings. The summed E-state index contributed by atoms with van der Waals surface area (Å²) in [5.41, 5.74) is 0.778. The van der Waals surface area contributed by atoms with Gasteiger partial charge in [0.1, 0.15) is 11.9 Å². The predicted molar refractivity (Wildman–Crippen MR) is 66.3 cm³/mol. The summed E-state index contributed by atoms with van der Waals surface area (Å²) in [5, 5.41) is 9.04. The van der Waals surface area contributed by atoms with Gasteiger partial charge in [-0.25, -0.2) is 4.98 Å². The molecule has 3 nitrogen and oxygen atoms in total. The van der Waals surface area contributed by atoms with Gasteiger partial charge in [0.05, 0.1) is 5.56 Å². The highest BCUT2D eigenvalue weighted by Gasteiger charge is 2.25. The zero-order valence-corrected chi connectivity index (χ0v) is 10.7. The van der Waals surface area contributed by atoms with E-state index in [1.54, 1.807) is 18.3 Å². The molecule has 0 aliphatic carbocycles. The van der Waals surface area contributed by atoms with Crippen molar-refractivity contribution in [1.29, 1.82) is 5.26 Å². The molecule has 1 unspecified atom stereocenters. The molecule has 1 aromatic rings. The van der Waals surface area contributed by atoms with Crippen LogP contribution in [0.15, 0.2) is 18.3 Å². The zero-order chi connectivity index (χ0) is 12.3. The molecule has 1 rings (SSSR count). The van der Waals surface area contributed by atoms with E-state index in [0.29, 0.717) is 11.6 Å². The summed E-state index contributed by atoms with van der Waals surface area (Å²) < 4.78 is 0. The van der Waals surface area contributed by atoms with Crippen LogP contribution in [-0.4, -0.2) is 18.1 Å². The van der Waals surface area contributed by atoms with Gasteiger partial charge in [0.15, 0.2) is 0 Å². The van der Waals surface area contributed by atoms with Crippen LogP contribution in [-0.2, 0) is 0 Å². The first-order valence-electron chi connectivity index (χ1n) is 5.46. The van der Waals surface area contributed by atoms with E-state index in [2.05, 4.69) is 43.6 Å². The molecule has 16 heavy (non-hydrogen) atoms. The summed E-state index contributed by atoms with van der Waals surface area (Å²) in [6, 6.07) is 6.08. The summed E-state index contributed by atoms with van der Waals surface area (Å²) in [5.74, 6) is 0.757. The lowest BCUT2D eigenvalue weighted by Crippen LogP contribution is -2.40. The van der Waals surface area contributed by atoms with Crippen LogP contribution in [0.3, 0.4) is 0 Å². The summed E-state index contributed by atoms with van der Waals surface area (Å²) in [6.07, 6.45) is 1.72. The Morgan fingerprint density at radius 3 is 2.56 bits per heavy atom. The quantitative estimate of drug-likeness (QED) is 0.764. The first-order valence-corrected chi connectivity index (χ1v) is 5.46. The topological polar surface area (TPSA) is 39.9 Å². The maximum atomic E-state index is 9.04. The number of hydrogen-bond donors (Lipinski definition) is 0. The largest absolute Gasteiger partial charge is 0.355 e. The maximum absolute atomic E-state index is 9.04. The van der Waals surface area contributed by atoms with E-state index in [-0.39, 0.29) is 5.41 Å². The van der Waals surface area contributed by atoms with Gasteiger partial charge in [-0.15, -0.1) is 0 Å². The van der Waals surface area contributed by atoms with Crippen molar-refractivity contribution in [3.8, 4) is 6.07 Å². The minimum Gasteiger partial charge on any atom is -0.355 e. The second-order valence-corrected chi connectivity index (χ2v) is 5.14. The fraction of sp³-hybridized carbons (Fsp3) is 0.538. The molecule has 1 heterocycles. The fourth-order valence-electron chi connectivity index (χ4n) is 1.53. The first-order chi connectivity index (χ1) is 7.38. The van der Waals surface area contributed by atoms with Gasteiger partial charge < -0.3 is 4.90 Å². The van der Waals surface area contributed by atoms with Crippen LogP contribution in [0.25, 0.3) is 0 Å². The summed E-state index contributed by atoms with van der Waals surface area (Å²) in [6.45, 7) is 8.70. The van der Waals surface area contributed by atoms with Crippen molar-refractivity contribution in [1.82, 2.24) is 4.98 Å². The van der Waals surface area contributed by atoms with Crippen molar-refractivity contribution in [2.75, 3.05) is 11.9 Å². The number of pyridine rings is 1. The van der Waals surface area contributed by atoms with Crippen LogP contribution in [0.2, 0.25) is 0 Å². The number of nitriles is 1. The lowest BCUT2D eigenvalue weighted by Gasteiger charge is -2.36. The van der Waals surface area contributed by atoms with Crippen LogP contribution >= 0.6 is 0 Å². The zero-order valence-electron chi connectivity index (χ0n) is 10.7. The van der Waals surface area contributed by atoms with Crippen molar-refractivity contribution >= 4 is 5.82 Å². The van der Waals surface area contributed by atoms with Gasteiger partial charge in [-0.05, 0) is 24.5 Å². The monoisotopic (exact) mass is 217 g/mol. The Labute approximate surface area is 97.7 Å². The van der Waals surface area contributed by atoms with Gasteiger partial charge in [0.25, 0.3) is 0 Å². The molecule has 1 aromatic heterocycles. The number of hydrogen-bond acceptors (Lipinski definition) is 3. The second kappa shape index (κ2) is 4.52. The molecular weight excluding hydrogens is 198 g/mol. The van der Waals surface area contributed by atoms with Crippen molar-refractivity contribution < 1.29 is 0 Å². The van der Waals surface area contributed by atoms with Gasteiger partial charge in [-0.3, -0.25) is 0 Å². The molecule has 0 amide bonds. The molecule has 1 atom stereocenters. The number of rotatable bonds is 2. The predicted octanol–water partition coefficient (Wildman–Crippen LogP) is 2.82. The molecule has 0 saturated heterocycles. The van der Waals surface area contributed by atoms with Crippen molar-refractivity contribution in [3.63, 3.8) is 0 Å². The van der Waals surface area contributed by atoms with E-state index in [9.17, 15) is 0 Å². The van der Waals surface area contributed by atoms with E-state index in [1.165, 1.54) is 0 Å². The minimum atomic E-state index is 0.152. The molecule has 0 fully saturated rings. The van der Waals surface area contributed by atoms with Crippen LogP contribution in [0.4, 0.5) is 5.82 Å². The highest BCUT2D eigenvalue weighted by atomic mass is 15.2. The Kier molecular flexibility index (Phi) is 3.54. The summed E-state index contributed by atoms with van der Waals surface area (Å²) in [4.78, 5) is 6.36. The summed E-state index contributed by atoms with van der Waals surface area (Å²) in [7, 11) is 1.99. The second-order valence-electron chi connectivity index (χ2n) is 5.14. The highest BCUT2D eigenvalue weighted by Crippen LogP contribution is 2.27. The van der Waals surface area contributed by atoms with Crippen LogP contribution < -0.4 is 4.90 Å². The molecule has 0 aromatic carbocycles. The average molecular weight is 217 g/mol. The van der Waals surface area contributed by atoms with Gasteiger partial charge in [0, 0.05) is 19.3 Å². The molecule has 0 radical (unpaired) electrons. The Morgan fingerprint density at radius 2 is 2.06 bits per heavy atom. The fourth-order valence-corrected chi connectivity index (χ4v) is 1.53. The van der Waals surface area contributed by atoms with Crippen molar-refractivity contribution in [3.05, 3.63) is 23.9 Å². The molecular formula is C13H19N3. The maximum Gasteiger partial charge on any atom is 0.146 e.